The van der Waals surface area contributed by atoms with Crippen LogP contribution in [0.3, 0.4) is 0 Å². The van der Waals surface area contributed by atoms with Gasteiger partial charge in [0.15, 0.2) is 11.2 Å². The lowest BCUT2D eigenvalue weighted by Gasteiger charge is -2.25. The smallest absolute Gasteiger partial charge is 0.159 e. The van der Waals surface area contributed by atoms with Gasteiger partial charge in [0.1, 0.15) is 11.2 Å². The summed E-state index contributed by atoms with van der Waals surface area (Å²) in [5.74, 6) is 0. The molecule has 0 N–H and O–H groups in total. The highest BCUT2D eigenvalue weighted by Crippen LogP contribution is 2.50. The number of nitrogens with zero attached hydrogens (tertiary/aromatic N) is 4. The summed E-state index contributed by atoms with van der Waals surface area (Å²) >= 11 is 0. The minimum atomic E-state index is -0.452. The quantitative estimate of drug-likeness (QED) is 0.152. The molecule has 0 unspecified atom stereocenters. The van der Waals surface area contributed by atoms with Crippen molar-refractivity contribution in [2.45, 2.75) is 0 Å². The van der Waals surface area contributed by atoms with Crippen LogP contribution in [0.1, 0.15) is 13.7 Å². The van der Waals surface area contributed by atoms with E-state index in [1.807, 2.05) is 97.1 Å². The molecule has 6 heterocycles. The molecule has 0 aliphatic rings. The number of hydrogen-bond donors (Lipinski definition) is 0. The van der Waals surface area contributed by atoms with Crippen LogP contribution in [0.2, 0.25) is 0 Å². The summed E-state index contributed by atoms with van der Waals surface area (Å²) in [6.07, 6.45) is 0. The Morgan fingerprint density at radius 1 is 0.274 bits per heavy atom. The van der Waals surface area contributed by atoms with Gasteiger partial charge in [0.25, 0.3) is 0 Å². The second kappa shape index (κ2) is 17.1. The second-order valence-electron chi connectivity index (χ2n) is 21.6. The lowest BCUT2D eigenvalue weighted by Crippen LogP contribution is -2.10. The molecule has 0 radical (unpaired) electrons. The van der Waals surface area contributed by atoms with E-state index in [2.05, 4.69) is 128 Å². The summed E-state index contributed by atoms with van der Waals surface area (Å²) in [4.78, 5) is 4.40. The normalized spacial score (nSPS) is 14.0. The molecule has 0 aliphatic heterocycles. The van der Waals surface area contributed by atoms with Crippen LogP contribution >= 0.6 is 0 Å². The average Bonchev–Trinajstić information content (AvgIpc) is 1.52. The number of para-hydroxylation sites is 8. The zero-order valence-corrected chi connectivity index (χ0v) is 44.4. The van der Waals surface area contributed by atoms with Crippen molar-refractivity contribution >= 4 is 154 Å². The van der Waals surface area contributed by atoms with E-state index >= 15 is 0 Å². The van der Waals surface area contributed by atoms with Gasteiger partial charge in [-0.15, -0.1) is 0 Å². The van der Waals surface area contributed by atoms with Gasteiger partial charge < -0.3 is 27.4 Å². The van der Waals surface area contributed by atoms with E-state index < -0.39 is 36.3 Å². The van der Waals surface area contributed by atoms with Crippen molar-refractivity contribution in [3.63, 3.8) is 0 Å². The molecule has 6 nitrogen and oxygen atoms in total. The lowest BCUT2D eigenvalue weighted by atomic mass is 10.0. The van der Waals surface area contributed by atoms with Gasteiger partial charge in [-0.3, -0.25) is 0 Å². The fourth-order valence-corrected chi connectivity index (χ4v) is 13.8. The topological polar surface area (TPSA) is 41.6 Å². The van der Waals surface area contributed by atoms with Crippen molar-refractivity contribution in [1.82, 2.24) is 8.80 Å². The fraction of sp³-hybridized carbons (Fsp3) is 0. The molecule has 390 valence electrons. The molecule has 19 rings (SSSR count). The van der Waals surface area contributed by atoms with E-state index in [4.69, 9.17) is 22.5 Å². The van der Waals surface area contributed by atoms with Gasteiger partial charge in [-0.1, -0.05) is 206 Å². The highest BCUT2D eigenvalue weighted by atomic mass is 16.3. The van der Waals surface area contributed by atoms with Crippen LogP contribution in [0.25, 0.3) is 142 Å². The van der Waals surface area contributed by atoms with Crippen molar-refractivity contribution < 1.29 is 22.5 Å². The minimum absolute atomic E-state index is 0.0808. The van der Waals surface area contributed by atoms with Gasteiger partial charge in [-0.2, -0.15) is 0 Å². The Balaban J connectivity index is 0.801. The molecule has 0 fully saturated rings. The van der Waals surface area contributed by atoms with E-state index in [1.54, 1.807) is 12.1 Å². The molecular formula is C78H46N4O2. The Labute approximate surface area is 494 Å². The Morgan fingerprint density at radius 2 is 0.631 bits per heavy atom. The summed E-state index contributed by atoms with van der Waals surface area (Å²) in [5.41, 5.74) is 14.5. The first kappa shape index (κ1) is 36.8. The van der Waals surface area contributed by atoms with Crippen molar-refractivity contribution in [2.24, 2.45) is 0 Å². The molecular weight excluding hydrogens is 1020 g/mol. The first-order valence-corrected chi connectivity index (χ1v) is 27.9. The maximum atomic E-state index is 8.92. The van der Waals surface area contributed by atoms with E-state index in [9.17, 15) is 0 Å². The number of aromatic nitrogens is 2. The molecule has 0 aliphatic carbocycles. The first-order valence-electron chi connectivity index (χ1n) is 32.9. The third kappa shape index (κ3) is 6.23. The van der Waals surface area contributed by atoms with Gasteiger partial charge in [-0.25, -0.2) is 0 Å². The second-order valence-corrected chi connectivity index (χ2v) is 21.6. The van der Waals surface area contributed by atoms with Crippen LogP contribution in [-0.2, 0) is 0 Å². The SMILES string of the molecule is [2H]c1c([2H])c([2H])c(-c2cccc3c2oc2c(N(c4ccccc4)c4ccc5c6cccc7c8cc9c(cc8n(c5c4)c67)c4cccc5c6ccc(N(c7ccccc7)c7cccc8c7oc7c(-c%10c([2H])c([2H])c([2H])c([2H])c%10[2H])cccc78)cc6n9c54)cccc23)c([2H])c1[2H]. The van der Waals surface area contributed by atoms with E-state index in [0.717, 1.165) is 132 Å². The van der Waals surface area contributed by atoms with Gasteiger partial charge in [0, 0.05) is 98.5 Å². The standard InChI is InChI=1S/C78H46N4O2/c1-5-19-47(20-6-1)53-27-13-33-61-63-35-17-37-67(77(63)83-75(53)61)79(49-23-9-3-10-24-49)51-39-41-55-57-29-15-31-59-65-46-72-66(45-71(65)81(73(57)59)69(55)43-51)60-32-16-30-58-56-42-40-52(44-70(56)82(72)74(58)60)80(50-25-11-4-12-26-50)68-38-18-36-64-62-34-14-28-54(76(62)84-78(64)68)48-21-7-2-8-22-48/h1-46H/i1D,2D,5D,6D,7D,8D,19D,20D,21D,22D. The van der Waals surface area contributed by atoms with Gasteiger partial charge in [0.05, 0.1) is 58.2 Å². The van der Waals surface area contributed by atoms with Crippen LogP contribution in [0.4, 0.5) is 34.1 Å². The molecule has 0 saturated heterocycles. The predicted octanol–water partition coefficient (Wildman–Crippen LogP) is 22.1. The molecule has 6 aromatic heterocycles. The number of fused-ring (bicyclic) bond motifs is 18. The summed E-state index contributed by atoms with van der Waals surface area (Å²) in [5, 5.41) is 12.1. The van der Waals surface area contributed by atoms with Crippen molar-refractivity contribution in [1.29, 1.82) is 0 Å². The van der Waals surface area contributed by atoms with Crippen molar-refractivity contribution in [3.8, 4) is 22.3 Å². The van der Waals surface area contributed by atoms with E-state index in [-0.39, 0.29) is 35.3 Å². The monoisotopic (exact) mass is 1080 g/mol. The molecule has 0 amide bonds. The van der Waals surface area contributed by atoms with Crippen LogP contribution < -0.4 is 9.80 Å². The molecule has 6 heteroatoms. The fourth-order valence-electron chi connectivity index (χ4n) is 13.8. The number of furan rings is 2. The summed E-state index contributed by atoms with van der Waals surface area (Å²) in [7, 11) is 0. The first-order chi connectivity index (χ1) is 45.8. The van der Waals surface area contributed by atoms with Crippen molar-refractivity contribution in [2.75, 3.05) is 9.80 Å². The van der Waals surface area contributed by atoms with Crippen LogP contribution in [-0.4, -0.2) is 8.80 Å². The van der Waals surface area contributed by atoms with E-state index in [0.29, 0.717) is 33.5 Å². The minimum Gasteiger partial charge on any atom is -0.453 e. The number of anilines is 6. The van der Waals surface area contributed by atoms with E-state index in [1.165, 1.54) is 0 Å². The molecule has 0 atom stereocenters. The molecule has 84 heavy (non-hydrogen) atoms. The Bertz CT molecular complexity index is 6060. The van der Waals surface area contributed by atoms with Crippen LogP contribution in [0, 0.1) is 0 Å². The Kier molecular flexibility index (Phi) is 7.50. The van der Waals surface area contributed by atoms with Gasteiger partial charge >= 0.3 is 0 Å². The van der Waals surface area contributed by atoms with Crippen molar-refractivity contribution in [3.05, 3.63) is 279 Å². The lowest BCUT2D eigenvalue weighted by molar-refractivity contribution is 0.670. The predicted molar refractivity (Wildman–Crippen MR) is 351 cm³/mol. The highest BCUT2D eigenvalue weighted by Gasteiger charge is 2.27. The zero-order chi connectivity index (χ0) is 63.4. The maximum absolute atomic E-state index is 8.92. The third-order valence-corrected chi connectivity index (χ3v) is 17.3. The van der Waals surface area contributed by atoms with Crippen LogP contribution in [0.5, 0.6) is 0 Å². The number of hydrogen-bond acceptors (Lipinski definition) is 4. The Morgan fingerprint density at radius 3 is 1.06 bits per heavy atom. The maximum Gasteiger partial charge on any atom is 0.159 e. The largest absolute Gasteiger partial charge is 0.453 e. The Hall–Kier alpha value is -11.3. The summed E-state index contributed by atoms with van der Waals surface area (Å²) in [6.45, 7) is 0. The summed E-state index contributed by atoms with van der Waals surface area (Å²) in [6, 6.07) is 70.9. The summed E-state index contributed by atoms with van der Waals surface area (Å²) < 4.78 is 105. The molecule has 0 bridgehead atoms. The average molecular weight is 1080 g/mol. The van der Waals surface area contributed by atoms with Gasteiger partial charge in [-0.05, 0) is 83.9 Å². The number of rotatable bonds is 8. The third-order valence-electron chi connectivity index (χ3n) is 17.3. The molecule has 0 spiro atoms. The highest BCUT2D eigenvalue weighted by molar-refractivity contribution is 6.29. The molecule has 13 aromatic carbocycles. The molecule has 0 saturated carbocycles. The van der Waals surface area contributed by atoms with Gasteiger partial charge in [0.2, 0.25) is 0 Å². The molecule has 19 aromatic rings. The van der Waals surface area contributed by atoms with Crippen LogP contribution in [0.15, 0.2) is 288 Å². The number of benzene rings is 13. The zero-order valence-electron chi connectivity index (χ0n) is 54.4.